The highest BCUT2D eigenvalue weighted by Gasteiger charge is 2.03. The van der Waals surface area contributed by atoms with Crippen molar-refractivity contribution in [3.05, 3.63) is 22.7 Å². The summed E-state index contributed by atoms with van der Waals surface area (Å²) >= 11 is 3.34. The predicted molar refractivity (Wildman–Crippen MR) is 59.6 cm³/mol. The molecule has 0 radical (unpaired) electrons. The number of methoxy groups -OCH3 is 1. The van der Waals surface area contributed by atoms with Crippen molar-refractivity contribution in [1.29, 1.82) is 0 Å². The van der Waals surface area contributed by atoms with E-state index >= 15 is 0 Å². The molecular weight excluding hydrogens is 246 g/mol. The number of nitrogens with one attached hydrogen (secondary N) is 1. The number of rotatable bonds is 3. The van der Waals surface area contributed by atoms with E-state index in [4.69, 9.17) is 4.74 Å². The number of hydrogen-bond donors (Lipinski definition) is 1. The maximum absolute atomic E-state index is 11.1. The van der Waals surface area contributed by atoms with Crippen LogP contribution in [0.4, 0.5) is 5.69 Å². The third kappa shape index (κ3) is 2.73. The zero-order valence-electron chi connectivity index (χ0n) is 8.13. The van der Waals surface area contributed by atoms with Crippen LogP contribution >= 0.6 is 15.9 Å². The Kier molecular flexibility index (Phi) is 3.95. The Labute approximate surface area is 91.6 Å². The highest BCUT2D eigenvalue weighted by molar-refractivity contribution is 9.10. The van der Waals surface area contributed by atoms with Crippen LogP contribution in [0.2, 0.25) is 0 Å². The van der Waals surface area contributed by atoms with Gasteiger partial charge in [-0.2, -0.15) is 0 Å². The lowest BCUT2D eigenvalue weighted by Crippen LogP contribution is -2.09. The van der Waals surface area contributed by atoms with Crippen molar-refractivity contribution >= 4 is 27.5 Å². The molecule has 1 amide bonds. The molecule has 0 aliphatic rings. The van der Waals surface area contributed by atoms with Crippen LogP contribution in [0, 0.1) is 0 Å². The van der Waals surface area contributed by atoms with Crippen LogP contribution < -0.4 is 10.1 Å². The molecule has 0 unspecified atom stereocenters. The van der Waals surface area contributed by atoms with Crippen LogP contribution in [-0.2, 0) is 4.79 Å². The van der Waals surface area contributed by atoms with Crippen LogP contribution in [0.25, 0.3) is 0 Å². The minimum absolute atomic E-state index is 0.00191. The van der Waals surface area contributed by atoms with Crippen LogP contribution in [0.15, 0.2) is 22.7 Å². The van der Waals surface area contributed by atoms with Crippen molar-refractivity contribution in [1.82, 2.24) is 0 Å². The van der Waals surface area contributed by atoms with Gasteiger partial charge in [-0.15, -0.1) is 0 Å². The first-order valence-corrected chi connectivity index (χ1v) is 5.10. The topological polar surface area (TPSA) is 38.3 Å². The smallest absolute Gasteiger partial charge is 0.224 e. The second-order valence-electron chi connectivity index (χ2n) is 2.75. The van der Waals surface area contributed by atoms with E-state index in [1.165, 1.54) is 0 Å². The van der Waals surface area contributed by atoms with Gasteiger partial charge in [0.25, 0.3) is 0 Å². The van der Waals surface area contributed by atoms with E-state index in [1.54, 1.807) is 19.2 Å². The zero-order valence-corrected chi connectivity index (χ0v) is 9.72. The Bertz CT molecular complexity index is 339. The maximum atomic E-state index is 11.1. The van der Waals surface area contributed by atoms with Crippen molar-refractivity contribution < 1.29 is 9.53 Å². The van der Waals surface area contributed by atoms with Gasteiger partial charge in [-0.05, 0) is 34.1 Å². The summed E-state index contributed by atoms with van der Waals surface area (Å²) in [4.78, 5) is 11.1. The lowest BCUT2D eigenvalue weighted by molar-refractivity contribution is -0.115. The third-order valence-electron chi connectivity index (χ3n) is 1.76. The molecule has 0 fully saturated rings. The van der Waals surface area contributed by atoms with E-state index in [0.29, 0.717) is 6.42 Å². The number of ether oxygens (including phenoxy) is 1. The Morgan fingerprint density at radius 2 is 2.29 bits per heavy atom. The van der Waals surface area contributed by atoms with Gasteiger partial charge in [0.2, 0.25) is 5.91 Å². The highest BCUT2D eigenvalue weighted by atomic mass is 79.9. The maximum Gasteiger partial charge on any atom is 0.224 e. The number of carbonyl (C=O) groups excluding carboxylic acids is 1. The van der Waals surface area contributed by atoms with Crippen molar-refractivity contribution in [2.75, 3.05) is 12.4 Å². The Balaban J connectivity index is 2.81. The molecule has 0 aliphatic carbocycles. The van der Waals surface area contributed by atoms with Crippen LogP contribution in [-0.4, -0.2) is 13.0 Å². The Morgan fingerprint density at radius 1 is 1.57 bits per heavy atom. The second kappa shape index (κ2) is 5.00. The fourth-order valence-corrected chi connectivity index (χ4v) is 1.53. The lowest BCUT2D eigenvalue weighted by Gasteiger charge is -2.06. The quantitative estimate of drug-likeness (QED) is 0.905. The summed E-state index contributed by atoms with van der Waals surface area (Å²) in [5.41, 5.74) is 0.768. The number of anilines is 1. The van der Waals surface area contributed by atoms with Crippen molar-refractivity contribution in [2.24, 2.45) is 0 Å². The predicted octanol–water partition coefficient (Wildman–Crippen LogP) is 2.81. The molecule has 0 bridgehead atoms. The molecule has 4 heteroatoms. The fraction of sp³-hybridized carbons (Fsp3) is 0.300. The number of hydrogen-bond acceptors (Lipinski definition) is 2. The molecule has 0 saturated heterocycles. The van der Waals surface area contributed by atoms with E-state index in [-0.39, 0.29) is 5.91 Å². The molecule has 0 aromatic heterocycles. The number of benzene rings is 1. The second-order valence-corrected chi connectivity index (χ2v) is 3.61. The summed E-state index contributed by atoms with van der Waals surface area (Å²) < 4.78 is 5.90. The summed E-state index contributed by atoms with van der Waals surface area (Å²) in [7, 11) is 1.60. The van der Waals surface area contributed by atoms with E-state index in [9.17, 15) is 4.79 Å². The monoisotopic (exact) mass is 257 g/mol. The summed E-state index contributed by atoms with van der Waals surface area (Å²) in [5, 5.41) is 2.76. The van der Waals surface area contributed by atoms with Crippen molar-refractivity contribution in [2.45, 2.75) is 13.3 Å². The number of halogens is 1. The van der Waals surface area contributed by atoms with E-state index in [1.807, 2.05) is 13.0 Å². The summed E-state index contributed by atoms with van der Waals surface area (Å²) in [6, 6.07) is 5.42. The van der Waals surface area contributed by atoms with Gasteiger partial charge >= 0.3 is 0 Å². The molecule has 0 aliphatic heterocycles. The minimum Gasteiger partial charge on any atom is -0.496 e. The van der Waals surface area contributed by atoms with Gasteiger partial charge in [-0.1, -0.05) is 6.92 Å². The first-order valence-electron chi connectivity index (χ1n) is 4.30. The molecule has 0 atom stereocenters. The Morgan fingerprint density at radius 3 is 2.79 bits per heavy atom. The van der Waals surface area contributed by atoms with Gasteiger partial charge in [0.05, 0.1) is 11.6 Å². The molecule has 3 nitrogen and oxygen atoms in total. The zero-order chi connectivity index (χ0) is 10.6. The van der Waals surface area contributed by atoms with Gasteiger partial charge in [-0.3, -0.25) is 4.79 Å². The van der Waals surface area contributed by atoms with Gasteiger partial charge in [0.1, 0.15) is 5.75 Å². The molecular formula is C10H12BrNO2. The van der Waals surface area contributed by atoms with E-state index in [2.05, 4.69) is 21.2 Å². The fourth-order valence-electron chi connectivity index (χ4n) is 0.994. The van der Waals surface area contributed by atoms with Crippen LogP contribution in [0.3, 0.4) is 0 Å². The molecule has 1 N–H and O–H groups in total. The summed E-state index contributed by atoms with van der Waals surface area (Å²) in [6.07, 6.45) is 0.476. The van der Waals surface area contributed by atoms with Crippen molar-refractivity contribution in [3.8, 4) is 5.75 Å². The largest absolute Gasteiger partial charge is 0.496 e. The molecule has 0 heterocycles. The molecule has 14 heavy (non-hydrogen) atoms. The first-order chi connectivity index (χ1) is 6.67. The molecule has 1 aromatic rings. The van der Waals surface area contributed by atoms with E-state index < -0.39 is 0 Å². The lowest BCUT2D eigenvalue weighted by atomic mass is 10.3. The molecule has 76 valence electrons. The normalized spacial score (nSPS) is 9.64. The average molecular weight is 258 g/mol. The standard InChI is InChI=1S/C10H12BrNO2/c1-3-10(13)12-7-4-5-9(14-2)8(11)6-7/h4-6H,3H2,1-2H3,(H,12,13). The number of amides is 1. The summed E-state index contributed by atoms with van der Waals surface area (Å²) in [6.45, 7) is 1.81. The van der Waals surface area contributed by atoms with Gasteiger partial charge < -0.3 is 10.1 Å². The minimum atomic E-state index is 0.00191. The highest BCUT2D eigenvalue weighted by Crippen LogP contribution is 2.27. The SMILES string of the molecule is CCC(=O)Nc1ccc(OC)c(Br)c1. The molecule has 0 spiro atoms. The third-order valence-corrected chi connectivity index (χ3v) is 2.38. The van der Waals surface area contributed by atoms with Gasteiger partial charge in [-0.25, -0.2) is 0 Å². The Hall–Kier alpha value is -1.03. The van der Waals surface area contributed by atoms with E-state index in [0.717, 1.165) is 15.9 Å². The summed E-state index contributed by atoms with van der Waals surface area (Å²) in [5.74, 6) is 0.751. The van der Waals surface area contributed by atoms with Gasteiger partial charge in [0, 0.05) is 12.1 Å². The molecule has 0 saturated carbocycles. The van der Waals surface area contributed by atoms with Crippen LogP contribution in [0.5, 0.6) is 5.75 Å². The molecule has 1 rings (SSSR count). The van der Waals surface area contributed by atoms with Crippen molar-refractivity contribution in [3.63, 3.8) is 0 Å². The van der Waals surface area contributed by atoms with Crippen LogP contribution in [0.1, 0.15) is 13.3 Å². The first kappa shape index (κ1) is 11.0. The average Bonchev–Trinajstić information content (AvgIpc) is 2.18. The van der Waals surface area contributed by atoms with Gasteiger partial charge in [0.15, 0.2) is 0 Å². The number of carbonyl (C=O) groups is 1. The molecule has 1 aromatic carbocycles.